The van der Waals surface area contributed by atoms with Crippen molar-refractivity contribution in [2.24, 2.45) is 0 Å². The fraction of sp³-hybridized carbons (Fsp3) is 0.304. The van der Waals surface area contributed by atoms with Gasteiger partial charge in [-0.3, -0.25) is 4.79 Å². The fourth-order valence-electron chi connectivity index (χ4n) is 3.60. The lowest BCUT2D eigenvalue weighted by molar-refractivity contribution is -0.000186. The standard InChI is InChI=1S/C23H24N2O2/c1-25(16-20-10-4-5-14-27-20)23(26)19-9-6-8-18(15-19)22-13-12-17-7-2-3-11-21(17)24-22/h2-3,6-9,11-13,15,20H,4-5,10,14,16H2,1H3/t20-/m1/s1. The first kappa shape index (κ1) is 17.7. The molecule has 0 saturated carbocycles. The number of hydrogen-bond acceptors (Lipinski definition) is 3. The molecule has 3 aromatic rings. The number of para-hydroxylation sites is 1. The van der Waals surface area contributed by atoms with Crippen molar-refractivity contribution in [2.75, 3.05) is 20.2 Å². The summed E-state index contributed by atoms with van der Waals surface area (Å²) in [5, 5.41) is 1.11. The smallest absolute Gasteiger partial charge is 0.253 e. The van der Waals surface area contributed by atoms with Gasteiger partial charge < -0.3 is 9.64 Å². The highest BCUT2D eigenvalue weighted by atomic mass is 16.5. The van der Waals surface area contributed by atoms with Crippen molar-refractivity contribution in [1.82, 2.24) is 9.88 Å². The maximum Gasteiger partial charge on any atom is 0.253 e. The van der Waals surface area contributed by atoms with Crippen LogP contribution in [0.5, 0.6) is 0 Å². The van der Waals surface area contributed by atoms with Gasteiger partial charge in [0.05, 0.1) is 17.3 Å². The van der Waals surface area contributed by atoms with Crippen molar-refractivity contribution >= 4 is 16.8 Å². The minimum absolute atomic E-state index is 0.0202. The number of aromatic nitrogens is 1. The molecular weight excluding hydrogens is 336 g/mol. The van der Waals surface area contributed by atoms with Crippen LogP contribution in [-0.4, -0.2) is 42.1 Å². The van der Waals surface area contributed by atoms with E-state index in [1.54, 1.807) is 4.90 Å². The Bertz CT molecular complexity index is 948. The highest BCUT2D eigenvalue weighted by Gasteiger charge is 2.20. The summed E-state index contributed by atoms with van der Waals surface area (Å²) in [4.78, 5) is 19.4. The van der Waals surface area contributed by atoms with Gasteiger partial charge in [-0.2, -0.15) is 0 Å². The Balaban J connectivity index is 1.54. The molecule has 1 amide bonds. The first-order valence-corrected chi connectivity index (χ1v) is 9.54. The minimum atomic E-state index is 0.0202. The second-order valence-electron chi connectivity index (χ2n) is 7.14. The number of ether oxygens (including phenoxy) is 1. The van der Waals surface area contributed by atoms with Gasteiger partial charge in [-0.1, -0.05) is 36.4 Å². The van der Waals surface area contributed by atoms with E-state index in [9.17, 15) is 4.79 Å². The third-order valence-corrected chi connectivity index (χ3v) is 5.10. The quantitative estimate of drug-likeness (QED) is 0.686. The molecule has 0 unspecified atom stereocenters. The molecule has 0 N–H and O–H groups in total. The van der Waals surface area contributed by atoms with E-state index in [0.29, 0.717) is 12.1 Å². The van der Waals surface area contributed by atoms with Crippen LogP contribution in [0, 0.1) is 0 Å². The normalized spacial score (nSPS) is 17.0. The maximum absolute atomic E-state index is 12.9. The summed E-state index contributed by atoms with van der Waals surface area (Å²) in [5.74, 6) is 0.0202. The molecule has 2 heterocycles. The predicted octanol–water partition coefficient (Wildman–Crippen LogP) is 4.54. The summed E-state index contributed by atoms with van der Waals surface area (Å²) < 4.78 is 5.76. The van der Waals surface area contributed by atoms with Crippen LogP contribution in [0.1, 0.15) is 29.6 Å². The van der Waals surface area contributed by atoms with Gasteiger partial charge >= 0.3 is 0 Å². The number of hydrogen-bond donors (Lipinski definition) is 0. The molecule has 1 aliphatic rings. The highest BCUT2D eigenvalue weighted by Crippen LogP contribution is 2.23. The predicted molar refractivity (Wildman–Crippen MR) is 108 cm³/mol. The minimum Gasteiger partial charge on any atom is -0.376 e. The molecule has 2 aromatic carbocycles. The fourth-order valence-corrected chi connectivity index (χ4v) is 3.60. The number of benzene rings is 2. The van der Waals surface area contributed by atoms with Gasteiger partial charge in [0.1, 0.15) is 0 Å². The molecule has 1 fully saturated rings. The number of likely N-dealkylation sites (N-methyl/N-ethyl adjacent to an activating group) is 1. The van der Waals surface area contributed by atoms with Crippen LogP contribution in [0.2, 0.25) is 0 Å². The van der Waals surface area contributed by atoms with Gasteiger partial charge in [0.2, 0.25) is 0 Å². The van der Waals surface area contributed by atoms with Gasteiger partial charge in [0.25, 0.3) is 5.91 Å². The highest BCUT2D eigenvalue weighted by molar-refractivity contribution is 5.95. The van der Waals surface area contributed by atoms with E-state index in [0.717, 1.165) is 41.6 Å². The van der Waals surface area contributed by atoms with E-state index in [1.165, 1.54) is 6.42 Å². The molecule has 0 spiro atoms. The van der Waals surface area contributed by atoms with Crippen LogP contribution < -0.4 is 0 Å². The van der Waals surface area contributed by atoms with Crippen molar-refractivity contribution < 1.29 is 9.53 Å². The summed E-state index contributed by atoms with van der Waals surface area (Å²) in [6.45, 7) is 1.44. The largest absolute Gasteiger partial charge is 0.376 e. The first-order chi connectivity index (χ1) is 13.2. The molecule has 1 aromatic heterocycles. The first-order valence-electron chi connectivity index (χ1n) is 9.54. The number of nitrogens with zero attached hydrogens (tertiary/aromatic N) is 2. The zero-order chi connectivity index (χ0) is 18.6. The number of amides is 1. The Morgan fingerprint density at radius 2 is 2.00 bits per heavy atom. The number of carbonyl (C=O) groups is 1. The molecule has 4 heteroatoms. The average molecular weight is 360 g/mol. The Kier molecular flexibility index (Phi) is 5.16. The molecular formula is C23H24N2O2. The van der Waals surface area contributed by atoms with Gasteiger partial charge in [0.15, 0.2) is 0 Å². The van der Waals surface area contributed by atoms with E-state index in [-0.39, 0.29) is 12.0 Å². The molecule has 1 atom stereocenters. The lowest BCUT2D eigenvalue weighted by atomic mass is 10.0. The molecule has 138 valence electrons. The lowest BCUT2D eigenvalue weighted by Gasteiger charge is -2.27. The number of carbonyl (C=O) groups excluding carboxylic acids is 1. The summed E-state index contributed by atoms with van der Waals surface area (Å²) in [6.07, 6.45) is 3.47. The van der Waals surface area contributed by atoms with Crippen molar-refractivity contribution in [3.05, 3.63) is 66.2 Å². The van der Waals surface area contributed by atoms with E-state index in [1.807, 2.05) is 61.6 Å². The van der Waals surface area contributed by atoms with Crippen molar-refractivity contribution in [3.8, 4) is 11.3 Å². The van der Waals surface area contributed by atoms with E-state index in [4.69, 9.17) is 9.72 Å². The van der Waals surface area contributed by atoms with Gasteiger partial charge in [-0.15, -0.1) is 0 Å². The van der Waals surface area contributed by atoms with Gasteiger partial charge in [-0.25, -0.2) is 4.98 Å². The van der Waals surface area contributed by atoms with Crippen LogP contribution in [0.4, 0.5) is 0 Å². The molecule has 0 radical (unpaired) electrons. The van der Waals surface area contributed by atoms with E-state index < -0.39 is 0 Å². The summed E-state index contributed by atoms with van der Waals surface area (Å²) in [5.41, 5.74) is 3.47. The van der Waals surface area contributed by atoms with Crippen LogP contribution in [0.3, 0.4) is 0 Å². The molecule has 1 saturated heterocycles. The summed E-state index contributed by atoms with van der Waals surface area (Å²) >= 11 is 0. The zero-order valence-electron chi connectivity index (χ0n) is 15.6. The third kappa shape index (κ3) is 4.01. The van der Waals surface area contributed by atoms with Crippen molar-refractivity contribution in [2.45, 2.75) is 25.4 Å². The molecule has 0 bridgehead atoms. The zero-order valence-corrected chi connectivity index (χ0v) is 15.6. The van der Waals surface area contributed by atoms with E-state index >= 15 is 0 Å². The average Bonchev–Trinajstić information content (AvgIpc) is 2.73. The Labute approximate surface area is 159 Å². The van der Waals surface area contributed by atoms with Crippen molar-refractivity contribution in [1.29, 1.82) is 0 Å². The van der Waals surface area contributed by atoms with Crippen LogP contribution in [0.25, 0.3) is 22.2 Å². The third-order valence-electron chi connectivity index (χ3n) is 5.10. The molecule has 27 heavy (non-hydrogen) atoms. The SMILES string of the molecule is CN(C[C@H]1CCCCO1)C(=O)c1cccc(-c2ccc3ccccc3n2)c1. The lowest BCUT2D eigenvalue weighted by Crippen LogP contribution is -2.37. The van der Waals surface area contributed by atoms with Gasteiger partial charge in [-0.05, 0) is 43.5 Å². The number of rotatable bonds is 4. The Morgan fingerprint density at radius 1 is 1.11 bits per heavy atom. The van der Waals surface area contributed by atoms with Crippen molar-refractivity contribution in [3.63, 3.8) is 0 Å². The number of fused-ring (bicyclic) bond motifs is 1. The second-order valence-corrected chi connectivity index (χ2v) is 7.14. The molecule has 4 rings (SSSR count). The Hall–Kier alpha value is -2.72. The molecule has 0 aliphatic carbocycles. The number of pyridine rings is 1. The summed E-state index contributed by atoms with van der Waals surface area (Å²) in [7, 11) is 1.85. The molecule has 4 nitrogen and oxygen atoms in total. The van der Waals surface area contributed by atoms with Gasteiger partial charge in [0, 0.05) is 36.7 Å². The monoisotopic (exact) mass is 360 g/mol. The van der Waals surface area contributed by atoms with Crippen LogP contribution >= 0.6 is 0 Å². The summed E-state index contributed by atoms with van der Waals surface area (Å²) in [6, 6.07) is 19.8. The second kappa shape index (κ2) is 7.89. The molecule has 1 aliphatic heterocycles. The topological polar surface area (TPSA) is 42.4 Å². The van der Waals surface area contributed by atoms with Crippen LogP contribution in [0.15, 0.2) is 60.7 Å². The Morgan fingerprint density at radius 3 is 2.85 bits per heavy atom. The maximum atomic E-state index is 12.9. The van der Waals surface area contributed by atoms with Crippen LogP contribution in [-0.2, 0) is 4.74 Å². The van der Waals surface area contributed by atoms with E-state index in [2.05, 4.69) is 6.07 Å².